The number of benzene rings is 8. The summed E-state index contributed by atoms with van der Waals surface area (Å²) in [5.41, 5.74) is 6.08. The van der Waals surface area contributed by atoms with Crippen LogP contribution in [0.5, 0.6) is 0 Å². The van der Waals surface area contributed by atoms with E-state index in [0.717, 1.165) is 50.4 Å². The number of para-hydroxylation sites is 1. The smallest absolute Gasteiger partial charge is 0.185 e. The van der Waals surface area contributed by atoms with Crippen molar-refractivity contribution < 1.29 is 4.42 Å². The molecule has 64 heavy (non-hydrogen) atoms. The van der Waals surface area contributed by atoms with Crippen LogP contribution >= 0.6 is 0 Å². The maximum absolute atomic E-state index is 6.75. The zero-order chi connectivity index (χ0) is 42.5. The summed E-state index contributed by atoms with van der Waals surface area (Å²) in [6, 6.07) is 86.9. The quantitative estimate of drug-likeness (QED) is 0.114. The van der Waals surface area contributed by atoms with Crippen molar-refractivity contribution in [2.24, 2.45) is 0 Å². The highest BCUT2D eigenvalue weighted by Crippen LogP contribution is 2.41. The SMILES string of the molecule is c1ccc([Si](c2ccccc2)(c2cccc(-c3ccccn3)c2)c2ccc3c(c2)N(c2ccccn2)c2ccc4oc5ccccc5c4c2[Si]3(c2ccccc2)c2ccccc2)cc1. The molecule has 0 aliphatic carbocycles. The number of furan rings is 1. The molecule has 4 heterocycles. The third-order valence-corrected chi connectivity index (χ3v) is 22.8. The summed E-state index contributed by atoms with van der Waals surface area (Å²) in [5.74, 6) is 0.863. The van der Waals surface area contributed by atoms with Crippen molar-refractivity contribution in [3.63, 3.8) is 0 Å². The Labute approximate surface area is 374 Å². The third kappa shape index (κ3) is 5.73. The number of pyridine rings is 2. The Balaban J connectivity index is 1.26. The first-order chi connectivity index (χ1) is 31.8. The molecule has 1 aliphatic heterocycles. The number of rotatable bonds is 8. The molecule has 4 nitrogen and oxygen atoms in total. The van der Waals surface area contributed by atoms with Gasteiger partial charge in [-0.2, -0.15) is 0 Å². The summed E-state index contributed by atoms with van der Waals surface area (Å²) in [4.78, 5) is 12.4. The second kappa shape index (κ2) is 15.5. The molecule has 0 fully saturated rings. The summed E-state index contributed by atoms with van der Waals surface area (Å²) >= 11 is 0. The predicted molar refractivity (Wildman–Crippen MR) is 270 cm³/mol. The van der Waals surface area contributed by atoms with E-state index in [1.165, 1.54) is 41.5 Å². The van der Waals surface area contributed by atoms with Crippen molar-refractivity contribution in [3.8, 4) is 11.3 Å². The topological polar surface area (TPSA) is 42.2 Å². The number of fused-ring (bicyclic) bond motifs is 6. The van der Waals surface area contributed by atoms with E-state index < -0.39 is 16.1 Å². The largest absolute Gasteiger partial charge is 0.456 e. The van der Waals surface area contributed by atoms with Crippen LogP contribution in [-0.4, -0.2) is 26.1 Å². The van der Waals surface area contributed by atoms with E-state index in [4.69, 9.17) is 14.4 Å². The molecule has 1 aliphatic rings. The molecule has 0 bridgehead atoms. The van der Waals surface area contributed by atoms with Gasteiger partial charge in [0, 0.05) is 40.1 Å². The molecular formula is C58H41N3OSi2. The Bertz CT molecular complexity index is 3360. The fraction of sp³-hybridized carbons (Fsp3) is 0. The van der Waals surface area contributed by atoms with Crippen LogP contribution in [0.2, 0.25) is 0 Å². The van der Waals surface area contributed by atoms with Gasteiger partial charge in [0.2, 0.25) is 0 Å². The Hall–Kier alpha value is -7.91. The molecule has 302 valence electrons. The van der Waals surface area contributed by atoms with Gasteiger partial charge in [0.05, 0.1) is 5.69 Å². The molecule has 12 rings (SSSR count). The molecule has 0 saturated heterocycles. The summed E-state index contributed by atoms with van der Waals surface area (Å²) < 4.78 is 6.75. The molecule has 3 aromatic heterocycles. The predicted octanol–water partition coefficient (Wildman–Crippen LogP) is 8.58. The van der Waals surface area contributed by atoms with E-state index in [2.05, 4.69) is 229 Å². The van der Waals surface area contributed by atoms with Crippen molar-refractivity contribution >= 4 is 96.8 Å². The minimum atomic E-state index is -3.19. The van der Waals surface area contributed by atoms with Crippen LogP contribution in [0.3, 0.4) is 0 Å². The van der Waals surface area contributed by atoms with Gasteiger partial charge in [-0.1, -0.05) is 188 Å². The fourth-order valence-corrected chi connectivity index (χ4v) is 20.7. The molecule has 0 atom stereocenters. The maximum Gasteiger partial charge on any atom is 0.185 e. The zero-order valence-corrected chi connectivity index (χ0v) is 36.9. The highest BCUT2D eigenvalue weighted by molar-refractivity contribution is 7.23. The number of aromatic nitrogens is 2. The fourth-order valence-electron chi connectivity index (χ4n) is 10.6. The van der Waals surface area contributed by atoms with Gasteiger partial charge in [0.15, 0.2) is 16.1 Å². The van der Waals surface area contributed by atoms with Crippen LogP contribution in [0.4, 0.5) is 17.2 Å². The van der Waals surface area contributed by atoms with Crippen LogP contribution in [0, 0.1) is 0 Å². The summed E-state index contributed by atoms with van der Waals surface area (Å²) in [6.07, 6.45) is 3.79. The number of hydrogen-bond acceptors (Lipinski definition) is 4. The van der Waals surface area contributed by atoms with E-state index in [0.29, 0.717) is 0 Å². The van der Waals surface area contributed by atoms with Crippen molar-refractivity contribution in [3.05, 3.63) is 249 Å². The van der Waals surface area contributed by atoms with Crippen molar-refractivity contribution in [2.45, 2.75) is 0 Å². The summed E-state index contributed by atoms with van der Waals surface area (Å²) in [6.45, 7) is 0. The lowest BCUT2D eigenvalue weighted by Crippen LogP contribution is -2.78. The second-order valence-electron chi connectivity index (χ2n) is 16.4. The van der Waals surface area contributed by atoms with E-state index in [9.17, 15) is 0 Å². The average Bonchev–Trinajstić information content (AvgIpc) is 3.77. The standard InChI is InChI=1S/C58H41N3OSi2/c1-5-21-43(22-6-1)63(44-23-7-2-8-24-44,47-29-19-20-42(40-47)50-31-15-17-38-59-50)48-34-37-55-52(41-48)61(56-33-16-18-39-60-56)51-35-36-54-57(49-30-13-14-32-53(49)62-54)58(51)64(55,45-25-9-3-10-26-45)46-27-11-4-12-28-46/h1-41H. The Morgan fingerprint density at radius 3 is 1.67 bits per heavy atom. The summed E-state index contributed by atoms with van der Waals surface area (Å²) in [5, 5.41) is 12.7. The highest BCUT2D eigenvalue weighted by Gasteiger charge is 2.52. The van der Waals surface area contributed by atoms with E-state index in [1.807, 2.05) is 24.5 Å². The summed E-state index contributed by atoms with van der Waals surface area (Å²) in [7, 11) is -6.29. The van der Waals surface area contributed by atoms with Gasteiger partial charge in [-0.25, -0.2) is 4.98 Å². The van der Waals surface area contributed by atoms with Gasteiger partial charge in [0.25, 0.3) is 0 Å². The number of nitrogens with zero attached hydrogens (tertiary/aromatic N) is 3. The van der Waals surface area contributed by atoms with Gasteiger partial charge in [-0.05, 0) is 90.0 Å². The first-order valence-corrected chi connectivity index (χ1v) is 25.8. The molecule has 0 spiro atoms. The molecule has 8 aromatic carbocycles. The average molecular weight is 852 g/mol. The van der Waals surface area contributed by atoms with E-state index in [1.54, 1.807) is 0 Å². The molecule has 11 aromatic rings. The Morgan fingerprint density at radius 2 is 1.02 bits per heavy atom. The minimum Gasteiger partial charge on any atom is -0.456 e. The zero-order valence-electron chi connectivity index (χ0n) is 34.9. The van der Waals surface area contributed by atoms with Gasteiger partial charge >= 0.3 is 0 Å². The molecule has 0 unspecified atom stereocenters. The Morgan fingerprint density at radius 1 is 0.422 bits per heavy atom. The molecule has 6 heteroatoms. The molecule has 0 radical (unpaired) electrons. The minimum absolute atomic E-state index is 0.863. The van der Waals surface area contributed by atoms with Crippen LogP contribution in [-0.2, 0) is 0 Å². The third-order valence-electron chi connectivity index (χ3n) is 13.2. The van der Waals surface area contributed by atoms with Crippen LogP contribution < -0.4 is 46.4 Å². The van der Waals surface area contributed by atoms with Gasteiger partial charge < -0.3 is 4.42 Å². The Kier molecular flexibility index (Phi) is 9.14. The lowest BCUT2D eigenvalue weighted by atomic mass is 10.1. The molecule has 0 saturated carbocycles. The van der Waals surface area contributed by atoms with E-state index >= 15 is 0 Å². The second-order valence-corrected chi connectivity index (χ2v) is 23.9. The van der Waals surface area contributed by atoms with Crippen LogP contribution in [0.15, 0.2) is 253 Å². The first-order valence-electron chi connectivity index (χ1n) is 21.8. The van der Waals surface area contributed by atoms with Gasteiger partial charge in [-0.15, -0.1) is 0 Å². The van der Waals surface area contributed by atoms with Crippen molar-refractivity contribution in [1.82, 2.24) is 9.97 Å². The van der Waals surface area contributed by atoms with Crippen LogP contribution in [0.1, 0.15) is 0 Å². The first kappa shape index (κ1) is 37.8. The molecule has 0 amide bonds. The normalized spacial score (nSPS) is 13.1. The van der Waals surface area contributed by atoms with Crippen molar-refractivity contribution in [1.29, 1.82) is 0 Å². The number of hydrogen-bond donors (Lipinski definition) is 0. The highest BCUT2D eigenvalue weighted by atomic mass is 28.3. The van der Waals surface area contributed by atoms with Gasteiger partial charge in [0.1, 0.15) is 17.0 Å². The molecule has 0 N–H and O–H groups in total. The monoisotopic (exact) mass is 851 g/mol. The van der Waals surface area contributed by atoms with Crippen molar-refractivity contribution in [2.75, 3.05) is 4.90 Å². The molecular weight excluding hydrogens is 811 g/mol. The lowest BCUT2D eigenvalue weighted by Gasteiger charge is -2.46. The number of anilines is 3. The van der Waals surface area contributed by atoms with Crippen LogP contribution in [0.25, 0.3) is 33.2 Å². The maximum atomic E-state index is 6.75. The van der Waals surface area contributed by atoms with Gasteiger partial charge in [-0.3, -0.25) is 9.88 Å². The van der Waals surface area contributed by atoms with E-state index in [-0.39, 0.29) is 0 Å². The lowest BCUT2D eigenvalue weighted by molar-refractivity contribution is 0.669.